The summed E-state index contributed by atoms with van der Waals surface area (Å²) in [6, 6.07) is 11.7. The molecular weight excluding hydrogens is 449 g/mol. The minimum atomic E-state index is -0.645. The van der Waals surface area contributed by atoms with Crippen molar-refractivity contribution in [3.8, 4) is 11.5 Å². The number of rotatable bonds is 5. The average molecular weight is 476 g/mol. The third-order valence-corrected chi connectivity index (χ3v) is 8.20. The number of carboxylic acid groups (broad SMARTS) is 1. The van der Waals surface area contributed by atoms with Crippen LogP contribution in [0.15, 0.2) is 36.4 Å². The number of hydrogen-bond donors (Lipinski definition) is 1. The second-order valence-corrected chi connectivity index (χ2v) is 10.0. The van der Waals surface area contributed by atoms with E-state index < -0.39 is 5.97 Å². The first-order valence-electron chi connectivity index (χ1n) is 11.3. The molecule has 170 valence electrons. The van der Waals surface area contributed by atoms with Crippen molar-refractivity contribution in [2.45, 2.75) is 50.2 Å². The van der Waals surface area contributed by atoms with Gasteiger partial charge >= 0.3 is 5.97 Å². The van der Waals surface area contributed by atoms with Gasteiger partial charge in [0.2, 0.25) is 0 Å². The summed E-state index contributed by atoms with van der Waals surface area (Å²) in [7, 11) is 0. The molecule has 2 atom stereocenters. The molecule has 1 N–H and O–H groups in total. The van der Waals surface area contributed by atoms with Gasteiger partial charge in [-0.2, -0.15) is 0 Å². The van der Waals surface area contributed by atoms with E-state index >= 15 is 0 Å². The Balaban J connectivity index is 1.26. The fourth-order valence-electron chi connectivity index (χ4n) is 5.63. The third-order valence-electron chi connectivity index (χ3n) is 7.49. The highest BCUT2D eigenvalue weighted by molar-refractivity contribution is 6.35. The molecule has 1 aliphatic carbocycles. The van der Waals surface area contributed by atoms with E-state index in [1.807, 2.05) is 18.2 Å². The number of ether oxygens (including phenoxy) is 2. The summed E-state index contributed by atoms with van der Waals surface area (Å²) in [5.41, 5.74) is 2.02. The summed E-state index contributed by atoms with van der Waals surface area (Å²) in [4.78, 5) is 14.0. The third kappa shape index (κ3) is 3.95. The summed E-state index contributed by atoms with van der Waals surface area (Å²) >= 11 is 12.5. The predicted molar refractivity (Wildman–Crippen MR) is 124 cm³/mol. The van der Waals surface area contributed by atoms with Crippen molar-refractivity contribution in [2.75, 3.05) is 19.7 Å². The molecule has 5 rings (SSSR count). The smallest absolute Gasteiger partial charge is 0.308 e. The minimum Gasteiger partial charge on any atom is -0.492 e. The SMILES string of the molecule is O=C(O)C1CCCC1N1CCC2(CC1)COc1cc(OCc3c(Cl)cccc3Cl)ccc12. The number of hydrogen-bond acceptors (Lipinski definition) is 4. The van der Waals surface area contributed by atoms with Gasteiger partial charge in [0, 0.05) is 38.7 Å². The van der Waals surface area contributed by atoms with Crippen LogP contribution in [-0.4, -0.2) is 41.7 Å². The Morgan fingerprint density at radius 2 is 1.91 bits per heavy atom. The van der Waals surface area contributed by atoms with Crippen molar-refractivity contribution in [3.05, 3.63) is 57.6 Å². The van der Waals surface area contributed by atoms with E-state index in [1.165, 1.54) is 5.56 Å². The van der Waals surface area contributed by atoms with E-state index in [0.717, 1.165) is 62.3 Å². The molecule has 2 unspecified atom stereocenters. The van der Waals surface area contributed by atoms with E-state index in [-0.39, 0.29) is 17.4 Å². The van der Waals surface area contributed by atoms with E-state index in [1.54, 1.807) is 12.1 Å². The summed E-state index contributed by atoms with van der Waals surface area (Å²) < 4.78 is 12.1. The number of piperidine rings is 1. The van der Waals surface area contributed by atoms with Crippen LogP contribution in [0.25, 0.3) is 0 Å². The highest BCUT2D eigenvalue weighted by atomic mass is 35.5. The molecule has 2 aromatic carbocycles. The lowest BCUT2D eigenvalue weighted by Gasteiger charge is -2.42. The van der Waals surface area contributed by atoms with E-state index in [0.29, 0.717) is 23.3 Å². The Labute approximate surface area is 198 Å². The molecule has 7 heteroatoms. The number of aliphatic carboxylic acids is 1. The Bertz CT molecular complexity index is 999. The molecular formula is C25H27Cl2NO4. The van der Waals surface area contributed by atoms with Gasteiger partial charge in [0.15, 0.2) is 0 Å². The van der Waals surface area contributed by atoms with Gasteiger partial charge in [-0.05, 0) is 57.0 Å². The zero-order chi connectivity index (χ0) is 22.3. The Hall–Kier alpha value is -1.95. The summed E-state index contributed by atoms with van der Waals surface area (Å²) in [6.45, 7) is 2.80. The largest absolute Gasteiger partial charge is 0.492 e. The second-order valence-electron chi connectivity index (χ2n) is 9.19. The number of carbonyl (C=O) groups is 1. The van der Waals surface area contributed by atoms with E-state index in [4.69, 9.17) is 32.7 Å². The van der Waals surface area contributed by atoms with Crippen molar-refractivity contribution in [1.82, 2.24) is 4.90 Å². The highest BCUT2D eigenvalue weighted by Gasteiger charge is 2.46. The first-order chi connectivity index (χ1) is 15.5. The van der Waals surface area contributed by atoms with Crippen LogP contribution in [0.1, 0.15) is 43.2 Å². The molecule has 0 bridgehead atoms. The van der Waals surface area contributed by atoms with Gasteiger partial charge in [0.1, 0.15) is 18.1 Å². The molecule has 1 saturated heterocycles. The van der Waals surface area contributed by atoms with E-state index in [9.17, 15) is 9.90 Å². The molecule has 3 aliphatic rings. The van der Waals surface area contributed by atoms with Gasteiger partial charge in [-0.3, -0.25) is 9.69 Å². The monoisotopic (exact) mass is 475 g/mol. The topological polar surface area (TPSA) is 59.0 Å². The normalized spacial score (nSPS) is 24.3. The summed E-state index contributed by atoms with van der Waals surface area (Å²) in [5.74, 6) is 0.741. The van der Waals surface area contributed by atoms with Crippen molar-refractivity contribution in [3.63, 3.8) is 0 Å². The summed E-state index contributed by atoms with van der Waals surface area (Å²) in [6.07, 6.45) is 4.77. The second kappa shape index (κ2) is 8.77. The fourth-order valence-corrected chi connectivity index (χ4v) is 6.14. The zero-order valence-corrected chi connectivity index (χ0v) is 19.4. The molecule has 1 saturated carbocycles. The van der Waals surface area contributed by atoms with Crippen LogP contribution in [-0.2, 0) is 16.8 Å². The lowest BCUT2D eigenvalue weighted by Crippen LogP contribution is -2.49. The number of halogens is 2. The minimum absolute atomic E-state index is 0.00767. The molecule has 1 spiro atoms. The number of carboxylic acids is 1. The average Bonchev–Trinajstić information content (AvgIpc) is 3.40. The van der Waals surface area contributed by atoms with Crippen LogP contribution >= 0.6 is 23.2 Å². The maximum absolute atomic E-state index is 11.6. The lowest BCUT2D eigenvalue weighted by molar-refractivity contribution is -0.143. The summed E-state index contributed by atoms with van der Waals surface area (Å²) in [5, 5.41) is 10.7. The Morgan fingerprint density at radius 3 is 2.62 bits per heavy atom. The molecule has 0 aromatic heterocycles. The highest BCUT2D eigenvalue weighted by Crippen LogP contribution is 2.47. The number of fused-ring (bicyclic) bond motifs is 2. The molecule has 2 fully saturated rings. The first-order valence-corrected chi connectivity index (χ1v) is 12.0. The first kappa shape index (κ1) is 21.9. The van der Waals surface area contributed by atoms with Crippen LogP contribution in [0, 0.1) is 5.92 Å². The number of benzene rings is 2. The maximum atomic E-state index is 11.6. The van der Waals surface area contributed by atoms with Gasteiger partial charge in [0.05, 0.1) is 12.5 Å². The molecule has 2 heterocycles. The van der Waals surface area contributed by atoms with Crippen LogP contribution < -0.4 is 9.47 Å². The number of likely N-dealkylation sites (tertiary alicyclic amines) is 1. The lowest BCUT2D eigenvalue weighted by atomic mass is 9.74. The quantitative estimate of drug-likeness (QED) is 0.613. The molecule has 2 aliphatic heterocycles. The van der Waals surface area contributed by atoms with Crippen LogP contribution in [0.3, 0.4) is 0 Å². The van der Waals surface area contributed by atoms with Crippen LogP contribution in [0.2, 0.25) is 10.0 Å². The van der Waals surface area contributed by atoms with Crippen molar-refractivity contribution in [2.24, 2.45) is 5.92 Å². The van der Waals surface area contributed by atoms with Crippen LogP contribution in [0.4, 0.5) is 0 Å². The van der Waals surface area contributed by atoms with Gasteiger partial charge in [-0.25, -0.2) is 0 Å². The molecule has 0 amide bonds. The van der Waals surface area contributed by atoms with Crippen molar-refractivity contribution in [1.29, 1.82) is 0 Å². The molecule has 32 heavy (non-hydrogen) atoms. The maximum Gasteiger partial charge on any atom is 0.308 e. The molecule has 2 aromatic rings. The van der Waals surface area contributed by atoms with Crippen molar-refractivity contribution >= 4 is 29.2 Å². The van der Waals surface area contributed by atoms with Crippen molar-refractivity contribution < 1.29 is 19.4 Å². The van der Waals surface area contributed by atoms with Gasteiger partial charge in [-0.1, -0.05) is 41.8 Å². The van der Waals surface area contributed by atoms with Gasteiger partial charge < -0.3 is 14.6 Å². The fraction of sp³-hybridized carbons (Fsp3) is 0.480. The molecule has 0 radical (unpaired) electrons. The zero-order valence-electron chi connectivity index (χ0n) is 17.9. The Kier molecular flexibility index (Phi) is 5.99. The van der Waals surface area contributed by atoms with Gasteiger partial charge in [-0.15, -0.1) is 0 Å². The molecule has 5 nitrogen and oxygen atoms in total. The number of nitrogens with zero attached hydrogens (tertiary/aromatic N) is 1. The predicted octanol–water partition coefficient (Wildman–Crippen LogP) is 5.55. The Morgan fingerprint density at radius 1 is 1.16 bits per heavy atom. The standard InChI is InChI=1S/C25H27Cl2NO4/c26-20-4-2-5-21(27)18(20)14-31-16-7-8-19-23(13-16)32-15-25(19)9-11-28(12-10-25)22-6-1-3-17(22)24(29)30/h2,4-5,7-8,13,17,22H,1,3,6,9-12,14-15H2,(H,29,30). The van der Waals surface area contributed by atoms with Crippen LogP contribution in [0.5, 0.6) is 11.5 Å². The van der Waals surface area contributed by atoms with Gasteiger partial charge in [0.25, 0.3) is 0 Å². The van der Waals surface area contributed by atoms with E-state index in [2.05, 4.69) is 11.0 Å².